The van der Waals surface area contributed by atoms with Gasteiger partial charge in [0, 0.05) is 11.0 Å². The first-order chi connectivity index (χ1) is 12.7. The number of ether oxygens (including phenoxy) is 2. The molecule has 1 fully saturated rings. The molecular formula is C21H31NO4S. The molecule has 0 spiro atoms. The standard InChI is InChI=1S/C21H31NO4S/c1-20(2)11-12-21(3,4)18(20)27-14-16(17(23)25-5)22-19(24)26-13-15-9-7-6-8-10-15/h6-10,16,18H,11-14H2,1-5H3,(H,22,24)/t16-/m0/s1. The minimum Gasteiger partial charge on any atom is -0.467 e. The Balaban J connectivity index is 1.93. The van der Waals surface area contributed by atoms with E-state index in [1.54, 1.807) is 11.8 Å². The van der Waals surface area contributed by atoms with Crippen molar-refractivity contribution in [1.82, 2.24) is 5.32 Å². The molecule has 0 bridgehead atoms. The van der Waals surface area contributed by atoms with E-state index in [-0.39, 0.29) is 17.4 Å². The molecule has 0 aromatic heterocycles. The van der Waals surface area contributed by atoms with E-state index >= 15 is 0 Å². The van der Waals surface area contributed by atoms with Gasteiger partial charge in [-0.1, -0.05) is 58.0 Å². The van der Waals surface area contributed by atoms with Gasteiger partial charge in [-0.05, 0) is 29.2 Å². The number of esters is 1. The van der Waals surface area contributed by atoms with Gasteiger partial charge >= 0.3 is 12.1 Å². The molecule has 27 heavy (non-hydrogen) atoms. The molecule has 1 aromatic carbocycles. The van der Waals surface area contributed by atoms with Crippen molar-refractivity contribution in [2.24, 2.45) is 10.8 Å². The lowest BCUT2D eigenvalue weighted by atomic mass is 9.84. The number of nitrogens with one attached hydrogen (secondary N) is 1. The average Bonchev–Trinajstić information content (AvgIpc) is 2.85. The molecule has 0 heterocycles. The van der Waals surface area contributed by atoms with Crippen LogP contribution in [0.2, 0.25) is 0 Å². The van der Waals surface area contributed by atoms with Gasteiger partial charge in [-0.15, -0.1) is 0 Å². The summed E-state index contributed by atoms with van der Waals surface area (Å²) in [6.07, 6.45) is 1.71. The molecule has 1 aliphatic rings. The summed E-state index contributed by atoms with van der Waals surface area (Å²) in [5.74, 6) is 0.0118. The van der Waals surface area contributed by atoms with Gasteiger partial charge in [0.25, 0.3) is 0 Å². The Hall–Kier alpha value is -1.69. The first kappa shape index (κ1) is 21.6. The number of carbonyl (C=O) groups is 2. The number of methoxy groups -OCH3 is 1. The van der Waals surface area contributed by atoms with E-state index in [9.17, 15) is 9.59 Å². The van der Waals surface area contributed by atoms with E-state index in [4.69, 9.17) is 9.47 Å². The van der Waals surface area contributed by atoms with Crippen LogP contribution in [0.4, 0.5) is 4.79 Å². The van der Waals surface area contributed by atoms with Crippen molar-refractivity contribution in [2.75, 3.05) is 12.9 Å². The Bertz CT molecular complexity index is 629. The Morgan fingerprint density at radius 3 is 2.30 bits per heavy atom. The van der Waals surface area contributed by atoms with Crippen LogP contribution in [-0.2, 0) is 20.9 Å². The molecule has 150 valence electrons. The van der Waals surface area contributed by atoms with Crippen LogP contribution in [0.15, 0.2) is 30.3 Å². The largest absolute Gasteiger partial charge is 0.467 e. The van der Waals surface area contributed by atoms with Crippen LogP contribution in [-0.4, -0.2) is 36.2 Å². The Morgan fingerprint density at radius 2 is 1.74 bits per heavy atom. The fourth-order valence-electron chi connectivity index (χ4n) is 3.83. The summed E-state index contributed by atoms with van der Waals surface area (Å²) in [4.78, 5) is 24.3. The number of carbonyl (C=O) groups excluding carboxylic acids is 2. The number of rotatable bonds is 7. The highest BCUT2D eigenvalue weighted by Gasteiger charge is 2.47. The second-order valence-corrected chi connectivity index (χ2v) is 9.61. The van der Waals surface area contributed by atoms with Crippen LogP contribution in [0.3, 0.4) is 0 Å². The number of benzene rings is 1. The SMILES string of the molecule is COC(=O)[C@H](CSC1C(C)(C)CCC1(C)C)NC(=O)OCc1ccccc1. The minimum atomic E-state index is -0.726. The van der Waals surface area contributed by atoms with Gasteiger partial charge < -0.3 is 14.8 Å². The van der Waals surface area contributed by atoms with Crippen LogP contribution in [0.1, 0.15) is 46.1 Å². The summed E-state index contributed by atoms with van der Waals surface area (Å²) in [5, 5.41) is 3.06. The van der Waals surface area contributed by atoms with Crippen molar-refractivity contribution < 1.29 is 19.1 Å². The first-order valence-electron chi connectivity index (χ1n) is 9.32. The zero-order valence-electron chi connectivity index (χ0n) is 16.9. The van der Waals surface area contributed by atoms with Crippen LogP contribution in [0, 0.1) is 10.8 Å². The maximum atomic E-state index is 12.1. The predicted molar refractivity (Wildman–Crippen MR) is 109 cm³/mol. The quantitative estimate of drug-likeness (QED) is 0.696. The first-order valence-corrected chi connectivity index (χ1v) is 10.4. The molecule has 1 N–H and O–H groups in total. The molecule has 6 heteroatoms. The van der Waals surface area contributed by atoms with Gasteiger partial charge in [-0.2, -0.15) is 11.8 Å². The van der Waals surface area contributed by atoms with Crippen LogP contribution in [0.25, 0.3) is 0 Å². The molecule has 5 nitrogen and oxygen atoms in total. The fraction of sp³-hybridized carbons (Fsp3) is 0.619. The van der Waals surface area contributed by atoms with E-state index < -0.39 is 18.1 Å². The summed E-state index contributed by atoms with van der Waals surface area (Å²) < 4.78 is 10.1. The summed E-state index contributed by atoms with van der Waals surface area (Å²) in [5.41, 5.74) is 1.29. The van der Waals surface area contributed by atoms with Gasteiger partial charge in [0.15, 0.2) is 0 Å². The Labute approximate surface area is 166 Å². The minimum absolute atomic E-state index is 0.163. The highest BCUT2D eigenvalue weighted by Crippen LogP contribution is 2.54. The van der Waals surface area contributed by atoms with Gasteiger partial charge in [-0.3, -0.25) is 0 Å². The van der Waals surface area contributed by atoms with E-state index in [1.807, 2.05) is 30.3 Å². The van der Waals surface area contributed by atoms with E-state index in [1.165, 1.54) is 7.11 Å². The van der Waals surface area contributed by atoms with Crippen LogP contribution in [0.5, 0.6) is 0 Å². The third kappa shape index (κ3) is 5.89. The lowest BCUT2D eigenvalue weighted by Gasteiger charge is -2.35. The van der Waals surface area contributed by atoms with E-state index in [2.05, 4.69) is 33.0 Å². The molecule has 2 rings (SSSR count). The zero-order valence-corrected chi connectivity index (χ0v) is 17.7. The zero-order chi connectivity index (χ0) is 20.1. The molecule has 1 amide bonds. The fourth-order valence-corrected chi connectivity index (χ4v) is 5.57. The van der Waals surface area contributed by atoms with E-state index in [0.29, 0.717) is 11.0 Å². The van der Waals surface area contributed by atoms with Crippen LogP contribution >= 0.6 is 11.8 Å². The Morgan fingerprint density at radius 1 is 1.15 bits per heavy atom. The molecule has 1 atom stereocenters. The third-order valence-corrected chi connectivity index (χ3v) is 7.39. The van der Waals surface area contributed by atoms with Crippen molar-refractivity contribution in [2.45, 2.75) is 58.4 Å². The van der Waals surface area contributed by atoms with Gasteiger partial charge in [-0.25, -0.2) is 9.59 Å². The second kappa shape index (κ2) is 9.00. The normalized spacial score (nSPS) is 19.3. The molecular weight excluding hydrogens is 362 g/mol. The summed E-state index contributed by atoms with van der Waals surface area (Å²) in [6, 6.07) is 8.71. The van der Waals surface area contributed by atoms with Crippen molar-refractivity contribution in [1.29, 1.82) is 0 Å². The summed E-state index contributed by atoms with van der Waals surface area (Å²) in [6.45, 7) is 9.25. The predicted octanol–water partition coefficient (Wildman–Crippen LogP) is 4.40. The number of hydrogen-bond acceptors (Lipinski definition) is 5. The van der Waals surface area contributed by atoms with Crippen molar-refractivity contribution >= 4 is 23.8 Å². The van der Waals surface area contributed by atoms with Gasteiger partial charge in [0.05, 0.1) is 7.11 Å². The maximum absolute atomic E-state index is 12.1. The maximum Gasteiger partial charge on any atom is 0.408 e. The number of thioether (sulfide) groups is 1. The average molecular weight is 394 g/mol. The van der Waals surface area contributed by atoms with E-state index in [0.717, 1.165) is 18.4 Å². The molecule has 0 saturated heterocycles. The number of amides is 1. The van der Waals surface area contributed by atoms with Crippen molar-refractivity contribution in [3.05, 3.63) is 35.9 Å². The third-order valence-electron chi connectivity index (χ3n) is 5.25. The topological polar surface area (TPSA) is 64.6 Å². The number of hydrogen-bond donors (Lipinski definition) is 1. The van der Waals surface area contributed by atoms with Gasteiger partial charge in [0.1, 0.15) is 12.6 Å². The highest BCUT2D eigenvalue weighted by atomic mass is 32.2. The molecule has 0 unspecified atom stereocenters. The smallest absolute Gasteiger partial charge is 0.408 e. The monoisotopic (exact) mass is 393 g/mol. The summed E-state index contributed by atoms with van der Waals surface area (Å²) >= 11 is 1.74. The molecule has 1 aliphatic carbocycles. The molecule has 1 saturated carbocycles. The summed E-state index contributed by atoms with van der Waals surface area (Å²) in [7, 11) is 1.33. The molecule has 1 aromatic rings. The lowest BCUT2D eigenvalue weighted by Crippen LogP contribution is -2.44. The van der Waals surface area contributed by atoms with Crippen molar-refractivity contribution in [3.8, 4) is 0 Å². The highest BCUT2D eigenvalue weighted by molar-refractivity contribution is 8.00. The van der Waals surface area contributed by atoms with Crippen LogP contribution < -0.4 is 5.32 Å². The van der Waals surface area contributed by atoms with Gasteiger partial charge in [0.2, 0.25) is 0 Å². The molecule has 0 radical (unpaired) electrons. The molecule has 0 aliphatic heterocycles. The second-order valence-electron chi connectivity index (χ2n) is 8.47. The Kier molecular flexibility index (Phi) is 7.20. The van der Waals surface area contributed by atoms with Crippen molar-refractivity contribution in [3.63, 3.8) is 0 Å². The number of alkyl carbamates (subject to hydrolysis) is 1. The lowest BCUT2D eigenvalue weighted by molar-refractivity contribution is -0.142.